The maximum absolute atomic E-state index is 13.4. The van der Waals surface area contributed by atoms with Crippen molar-refractivity contribution < 1.29 is 14.3 Å². The number of halogens is 1. The van der Waals surface area contributed by atoms with E-state index in [-0.39, 0.29) is 22.2 Å². The van der Waals surface area contributed by atoms with Gasteiger partial charge in [-0.25, -0.2) is 0 Å². The molecule has 0 unspecified atom stereocenters. The minimum atomic E-state index is -0.432. The number of benzene rings is 2. The quantitative estimate of drug-likeness (QED) is 0.333. The highest BCUT2D eigenvalue weighted by atomic mass is 35.5. The summed E-state index contributed by atoms with van der Waals surface area (Å²) >= 11 is 7.45. The number of hydrogen-bond donors (Lipinski definition) is 2. The molecule has 1 atom stereocenters. The van der Waals surface area contributed by atoms with E-state index >= 15 is 0 Å². The van der Waals surface area contributed by atoms with Crippen LogP contribution in [0, 0.1) is 20.8 Å². The first-order valence-electron chi connectivity index (χ1n) is 11.6. The Balaban J connectivity index is 1.65. The Labute approximate surface area is 216 Å². The molecule has 1 aliphatic rings. The zero-order valence-corrected chi connectivity index (χ0v) is 21.7. The van der Waals surface area contributed by atoms with Gasteiger partial charge in [-0.1, -0.05) is 23.7 Å². The standard InChI is InChI=1S/C26H25ClN4O4S/c1-13-8-16(9-14(2)15(13)3)23-24(35-7-5-17-4-6-34-17)19-10-18(20(27)11-21(19)29-26(23)33)25(32)30-22-12-28-36-31-22/h8-12,17H,4-7H2,1-3H3,(H,29,33)(H,30,31,32)/t17-/m0/s1. The van der Waals surface area contributed by atoms with Crippen LogP contribution >= 0.6 is 23.3 Å². The summed E-state index contributed by atoms with van der Waals surface area (Å²) in [5.41, 5.74) is 4.92. The number of ether oxygens (including phenoxy) is 2. The molecule has 1 fully saturated rings. The molecule has 3 heterocycles. The van der Waals surface area contributed by atoms with Gasteiger partial charge in [0.15, 0.2) is 5.82 Å². The third-order valence-corrected chi connectivity index (χ3v) is 7.39. The lowest BCUT2D eigenvalue weighted by Gasteiger charge is -2.26. The number of pyridine rings is 1. The van der Waals surface area contributed by atoms with Crippen molar-refractivity contribution >= 4 is 46.0 Å². The number of hydrogen-bond acceptors (Lipinski definition) is 7. The molecule has 2 N–H and O–H groups in total. The number of fused-ring (bicyclic) bond motifs is 1. The molecule has 2 aromatic heterocycles. The molecular weight excluding hydrogens is 500 g/mol. The van der Waals surface area contributed by atoms with Crippen molar-refractivity contribution in [3.05, 3.63) is 68.1 Å². The Kier molecular flexibility index (Phi) is 6.79. The fraction of sp³-hybridized carbons (Fsp3) is 0.308. The summed E-state index contributed by atoms with van der Waals surface area (Å²) in [6.45, 7) is 7.22. The molecule has 0 saturated carbocycles. The van der Waals surface area contributed by atoms with E-state index in [0.29, 0.717) is 41.1 Å². The number of nitrogens with one attached hydrogen (secondary N) is 2. The molecule has 5 rings (SSSR count). The molecule has 0 radical (unpaired) electrons. The number of rotatable bonds is 7. The average molecular weight is 525 g/mol. The monoisotopic (exact) mass is 524 g/mol. The van der Waals surface area contributed by atoms with Gasteiger partial charge >= 0.3 is 0 Å². The zero-order chi connectivity index (χ0) is 25.4. The summed E-state index contributed by atoms with van der Waals surface area (Å²) < 4.78 is 19.7. The maximum Gasteiger partial charge on any atom is 0.260 e. The van der Waals surface area contributed by atoms with Crippen LogP contribution < -0.4 is 15.6 Å². The molecule has 1 aliphatic heterocycles. The lowest BCUT2D eigenvalue weighted by atomic mass is 9.95. The van der Waals surface area contributed by atoms with Crippen LogP contribution in [-0.2, 0) is 4.74 Å². The minimum absolute atomic E-state index is 0.160. The second-order valence-electron chi connectivity index (χ2n) is 8.94. The van der Waals surface area contributed by atoms with Crippen molar-refractivity contribution in [3.8, 4) is 16.9 Å². The predicted molar refractivity (Wildman–Crippen MR) is 142 cm³/mol. The Hall–Kier alpha value is -3.27. The summed E-state index contributed by atoms with van der Waals surface area (Å²) in [5.74, 6) is 0.320. The van der Waals surface area contributed by atoms with Crippen LogP contribution in [0.25, 0.3) is 22.0 Å². The molecule has 8 nitrogen and oxygen atoms in total. The van der Waals surface area contributed by atoms with Crippen molar-refractivity contribution in [2.24, 2.45) is 0 Å². The van der Waals surface area contributed by atoms with Crippen LogP contribution in [0.1, 0.15) is 39.9 Å². The van der Waals surface area contributed by atoms with Crippen LogP contribution in [0.3, 0.4) is 0 Å². The van der Waals surface area contributed by atoms with Crippen LogP contribution in [0.2, 0.25) is 5.02 Å². The van der Waals surface area contributed by atoms with Crippen LogP contribution in [0.4, 0.5) is 5.82 Å². The van der Waals surface area contributed by atoms with Crippen LogP contribution in [0.15, 0.2) is 35.3 Å². The topological polar surface area (TPSA) is 106 Å². The molecule has 10 heteroatoms. The van der Waals surface area contributed by atoms with E-state index in [1.165, 1.54) is 11.8 Å². The highest BCUT2D eigenvalue weighted by molar-refractivity contribution is 6.99. The average Bonchev–Trinajstić information content (AvgIpc) is 3.31. The van der Waals surface area contributed by atoms with Gasteiger partial charge < -0.3 is 19.8 Å². The van der Waals surface area contributed by atoms with Gasteiger partial charge in [0.05, 0.1) is 52.3 Å². The number of aryl methyl sites for hydroxylation is 2. The molecule has 0 bridgehead atoms. The number of anilines is 1. The SMILES string of the molecule is Cc1cc(-c2c(OCC[C@@H]3CCO3)c3cc(C(=O)Nc4cnsn4)c(Cl)cc3[nH]c2=O)cc(C)c1C. The van der Waals surface area contributed by atoms with Gasteiger partial charge in [-0.15, -0.1) is 0 Å². The maximum atomic E-state index is 13.4. The fourth-order valence-corrected chi connectivity index (χ4v) is 4.89. The molecule has 186 valence electrons. The van der Waals surface area contributed by atoms with E-state index in [9.17, 15) is 9.59 Å². The van der Waals surface area contributed by atoms with Gasteiger partial charge in [-0.2, -0.15) is 8.75 Å². The molecule has 36 heavy (non-hydrogen) atoms. The smallest absolute Gasteiger partial charge is 0.260 e. The Morgan fingerprint density at radius 2 is 2.00 bits per heavy atom. The second kappa shape index (κ2) is 10.0. The number of carbonyl (C=O) groups is 1. The van der Waals surface area contributed by atoms with Gasteiger partial charge in [0, 0.05) is 18.4 Å². The van der Waals surface area contributed by atoms with Crippen molar-refractivity contribution in [2.45, 2.75) is 39.7 Å². The Morgan fingerprint density at radius 1 is 1.25 bits per heavy atom. The van der Waals surface area contributed by atoms with E-state index < -0.39 is 5.91 Å². The molecule has 1 saturated heterocycles. The normalized spacial score (nSPS) is 15.1. The minimum Gasteiger partial charge on any atom is -0.492 e. The summed E-state index contributed by atoms with van der Waals surface area (Å²) in [4.78, 5) is 29.3. The predicted octanol–water partition coefficient (Wildman–Crippen LogP) is 5.44. The third-order valence-electron chi connectivity index (χ3n) is 6.60. The number of aromatic amines is 1. The molecule has 4 aromatic rings. The first-order valence-corrected chi connectivity index (χ1v) is 12.7. The van der Waals surface area contributed by atoms with Crippen molar-refractivity contribution in [1.29, 1.82) is 0 Å². The summed E-state index contributed by atoms with van der Waals surface area (Å²) in [6, 6.07) is 7.19. The summed E-state index contributed by atoms with van der Waals surface area (Å²) in [6.07, 6.45) is 3.32. The highest BCUT2D eigenvalue weighted by Crippen LogP contribution is 2.37. The number of amides is 1. The molecule has 0 spiro atoms. The molecule has 1 amide bonds. The number of nitrogens with zero attached hydrogens (tertiary/aromatic N) is 2. The third kappa shape index (κ3) is 4.74. The van der Waals surface area contributed by atoms with E-state index in [2.05, 4.69) is 26.0 Å². The first-order chi connectivity index (χ1) is 17.3. The van der Waals surface area contributed by atoms with Gasteiger partial charge in [-0.05, 0) is 61.6 Å². The van der Waals surface area contributed by atoms with Crippen LogP contribution in [-0.4, -0.2) is 39.0 Å². The molecular formula is C26H25ClN4O4S. The Morgan fingerprint density at radius 3 is 2.64 bits per heavy atom. The van der Waals surface area contributed by atoms with E-state index in [4.69, 9.17) is 21.1 Å². The van der Waals surface area contributed by atoms with Crippen molar-refractivity contribution in [3.63, 3.8) is 0 Å². The van der Waals surface area contributed by atoms with Crippen LogP contribution in [0.5, 0.6) is 5.75 Å². The van der Waals surface area contributed by atoms with Gasteiger partial charge in [0.25, 0.3) is 11.5 Å². The lowest BCUT2D eigenvalue weighted by Crippen LogP contribution is -2.28. The van der Waals surface area contributed by atoms with Gasteiger partial charge in [0.2, 0.25) is 0 Å². The first kappa shape index (κ1) is 24.4. The van der Waals surface area contributed by atoms with E-state index in [0.717, 1.165) is 41.4 Å². The summed E-state index contributed by atoms with van der Waals surface area (Å²) in [5, 5.41) is 3.48. The highest BCUT2D eigenvalue weighted by Gasteiger charge is 2.23. The number of aromatic nitrogens is 3. The number of carbonyl (C=O) groups excluding carboxylic acids is 1. The number of H-pyrrole nitrogens is 1. The zero-order valence-electron chi connectivity index (χ0n) is 20.1. The second-order valence-corrected chi connectivity index (χ2v) is 9.90. The van der Waals surface area contributed by atoms with Gasteiger partial charge in [-0.3, -0.25) is 9.59 Å². The van der Waals surface area contributed by atoms with Crippen molar-refractivity contribution in [2.75, 3.05) is 18.5 Å². The molecule has 0 aliphatic carbocycles. The Bertz CT molecular complexity index is 1490. The fourth-order valence-electron chi connectivity index (χ4n) is 4.26. The van der Waals surface area contributed by atoms with Crippen molar-refractivity contribution in [1.82, 2.24) is 13.7 Å². The van der Waals surface area contributed by atoms with Gasteiger partial charge in [0.1, 0.15) is 5.75 Å². The molecule has 2 aromatic carbocycles. The van der Waals surface area contributed by atoms with E-state index in [1.54, 1.807) is 12.1 Å². The summed E-state index contributed by atoms with van der Waals surface area (Å²) in [7, 11) is 0. The lowest BCUT2D eigenvalue weighted by molar-refractivity contribution is -0.0595. The van der Waals surface area contributed by atoms with E-state index in [1.807, 2.05) is 26.0 Å². The largest absolute Gasteiger partial charge is 0.492 e.